The van der Waals surface area contributed by atoms with E-state index in [0.29, 0.717) is 5.56 Å². The summed E-state index contributed by atoms with van der Waals surface area (Å²) in [5.41, 5.74) is 0.534. The largest absolute Gasteiger partial charge is 0.319 e. The van der Waals surface area contributed by atoms with E-state index in [9.17, 15) is 9.18 Å². The molecule has 0 aromatic heterocycles. The van der Waals surface area contributed by atoms with Crippen LogP contribution < -0.4 is 5.32 Å². The standard InChI is InChI=1S/C16H24FN3O/c1-11(9-10-19(3)4)20-15(18-12(2)16(20)21)13-7-5-6-8-14(13)17/h5-8,11-12,15,18H,9-10H2,1-4H3. The van der Waals surface area contributed by atoms with Crippen molar-refractivity contribution in [3.05, 3.63) is 35.6 Å². The molecule has 1 fully saturated rings. The molecule has 3 unspecified atom stereocenters. The number of rotatable bonds is 5. The van der Waals surface area contributed by atoms with Crippen molar-refractivity contribution in [1.82, 2.24) is 15.1 Å². The summed E-state index contributed by atoms with van der Waals surface area (Å²) in [5, 5.41) is 3.20. The molecule has 1 saturated heterocycles. The van der Waals surface area contributed by atoms with E-state index in [2.05, 4.69) is 10.2 Å². The van der Waals surface area contributed by atoms with Crippen LogP contribution in [0.3, 0.4) is 0 Å². The molecule has 0 saturated carbocycles. The van der Waals surface area contributed by atoms with Gasteiger partial charge < -0.3 is 9.80 Å². The number of benzene rings is 1. The number of nitrogens with zero attached hydrogens (tertiary/aromatic N) is 2. The van der Waals surface area contributed by atoms with Crippen LogP contribution in [0.4, 0.5) is 4.39 Å². The third-order valence-corrected chi connectivity index (χ3v) is 3.98. The van der Waals surface area contributed by atoms with E-state index in [-0.39, 0.29) is 30.0 Å². The highest BCUT2D eigenvalue weighted by Gasteiger charge is 2.40. The quantitative estimate of drug-likeness (QED) is 0.902. The monoisotopic (exact) mass is 293 g/mol. The summed E-state index contributed by atoms with van der Waals surface area (Å²) in [6.07, 6.45) is 0.476. The van der Waals surface area contributed by atoms with Crippen molar-refractivity contribution in [2.45, 2.75) is 38.5 Å². The number of nitrogens with one attached hydrogen (secondary N) is 1. The third-order valence-electron chi connectivity index (χ3n) is 3.98. The average molecular weight is 293 g/mol. The maximum Gasteiger partial charge on any atom is 0.241 e. The van der Waals surface area contributed by atoms with Crippen molar-refractivity contribution in [3.63, 3.8) is 0 Å². The van der Waals surface area contributed by atoms with Crippen molar-refractivity contribution >= 4 is 5.91 Å². The van der Waals surface area contributed by atoms with Crippen LogP contribution in [-0.2, 0) is 4.79 Å². The maximum atomic E-state index is 14.1. The fraction of sp³-hybridized carbons (Fsp3) is 0.562. The SMILES string of the molecule is CC1NC(c2ccccc2F)N(C(C)CCN(C)C)C1=O. The molecular weight excluding hydrogens is 269 g/mol. The number of carbonyl (C=O) groups excluding carboxylic acids is 1. The van der Waals surface area contributed by atoms with Gasteiger partial charge in [0.25, 0.3) is 0 Å². The zero-order valence-electron chi connectivity index (χ0n) is 13.1. The summed E-state index contributed by atoms with van der Waals surface area (Å²) in [6, 6.07) is 6.42. The third kappa shape index (κ3) is 3.41. The van der Waals surface area contributed by atoms with Crippen LogP contribution in [0.15, 0.2) is 24.3 Å². The molecule has 4 nitrogen and oxygen atoms in total. The fourth-order valence-electron chi connectivity index (χ4n) is 2.73. The molecule has 1 aliphatic heterocycles. The van der Waals surface area contributed by atoms with Gasteiger partial charge in [-0.3, -0.25) is 10.1 Å². The highest BCUT2D eigenvalue weighted by molar-refractivity contribution is 5.84. The minimum Gasteiger partial charge on any atom is -0.319 e. The number of hydrogen-bond acceptors (Lipinski definition) is 3. The molecule has 3 atom stereocenters. The highest BCUT2D eigenvalue weighted by Crippen LogP contribution is 2.29. The Balaban J connectivity index is 2.23. The molecule has 0 radical (unpaired) electrons. The topological polar surface area (TPSA) is 35.6 Å². The Morgan fingerprint density at radius 3 is 2.67 bits per heavy atom. The molecule has 1 aromatic rings. The molecule has 1 aliphatic rings. The zero-order chi connectivity index (χ0) is 15.6. The van der Waals surface area contributed by atoms with Crippen LogP contribution >= 0.6 is 0 Å². The van der Waals surface area contributed by atoms with E-state index in [1.807, 2.05) is 27.9 Å². The Morgan fingerprint density at radius 2 is 2.05 bits per heavy atom. The van der Waals surface area contributed by atoms with E-state index in [4.69, 9.17) is 0 Å². The molecule has 116 valence electrons. The Bertz CT molecular complexity index is 506. The van der Waals surface area contributed by atoms with E-state index in [1.54, 1.807) is 23.1 Å². The lowest BCUT2D eigenvalue weighted by atomic mass is 10.1. The Hall–Kier alpha value is -1.46. The Labute approximate surface area is 125 Å². The van der Waals surface area contributed by atoms with E-state index >= 15 is 0 Å². The maximum absolute atomic E-state index is 14.1. The first-order valence-corrected chi connectivity index (χ1v) is 7.39. The summed E-state index contributed by atoms with van der Waals surface area (Å²) < 4.78 is 14.1. The number of hydrogen-bond donors (Lipinski definition) is 1. The summed E-state index contributed by atoms with van der Waals surface area (Å²) >= 11 is 0. The summed E-state index contributed by atoms with van der Waals surface area (Å²) in [5.74, 6) is -0.240. The van der Waals surface area contributed by atoms with Gasteiger partial charge in [0.1, 0.15) is 12.0 Å². The van der Waals surface area contributed by atoms with Crippen molar-refractivity contribution in [2.24, 2.45) is 0 Å². The van der Waals surface area contributed by atoms with Crippen molar-refractivity contribution in [2.75, 3.05) is 20.6 Å². The van der Waals surface area contributed by atoms with Gasteiger partial charge in [-0.15, -0.1) is 0 Å². The second-order valence-electron chi connectivity index (χ2n) is 6.00. The first-order valence-electron chi connectivity index (χ1n) is 7.39. The van der Waals surface area contributed by atoms with Gasteiger partial charge in [0.2, 0.25) is 5.91 Å². The summed E-state index contributed by atoms with van der Waals surface area (Å²) in [7, 11) is 4.02. The van der Waals surface area contributed by atoms with Gasteiger partial charge >= 0.3 is 0 Å². The minimum atomic E-state index is -0.383. The zero-order valence-corrected chi connectivity index (χ0v) is 13.1. The lowest BCUT2D eigenvalue weighted by Crippen LogP contribution is -2.40. The first-order chi connectivity index (χ1) is 9.91. The fourth-order valence-corrected chi connectivity index (χ4v) is 2.73. The average Bonchev–Trinajstić information content (AvgIpc) is 2.73. The van der Waals surface area contributed by atoms with E-state index < -0.39 is 0 Å². The predicted octanol–water partition coefficient (Wildman–Crippen LogP) is 1.98. The Morgan fingerprint density at radius 1 is 1.38 bits per heavy atom. The van der Waals surface area contributed by atoms with Gasteiger partial charge in [0.15, 0.2) is 0 Å². The van der Waals surface area contributed by atoms with Gasteiger partial charge in [0.05, 0.1) is 6.04 Å². The Kier molecular flexibility index (Phi) is 4.96. The lowest BCUT2D eigenvalue weighted by Gasteiger charge is -2.31. The summed E-state index contributed by atoms with van der Waals surface area (Å²) in [4.78, 5) is 16.3. The normalized spacial score (nSPS) is 23.9. The number of amides is 1. The van der Waals surface area contributed by atoms with Crippen LogP contribution in [-0.4, -0.2) is 48.4 Å². The predicted molar refractivity (Wildman–Crippen MR) is 81.2 cm³/mol. The van der Waals surface area contributed by atoms with Crippen LogP contribution in [0.2, 0.25) is 0 Å². The molecule has 0 bridgehead atoms. The van der Waals surface area contributed by atoms with Crippen LogP contribution in [0.5, 0.6) is 0 Å². The molecule has 1 heterocycles. The number of carbonyl (C=O) groups is 1. The molecule has 5 heteroatoms. The molecule has 21 heavy (non-hydrogen) atoms. The van der Waals surface area contributed by atoms with Crippen LogP contribution in [0, 0.1) is 5.82 Å². The van der Waals surface area contributed by atoms with E-state index in [1.165, 1.54) is 6.07 Å². The van der Waals surface area contributed by atoms with Gasteiger partial charge in [0, 0.05) is 11.6 Å². The molecule has 0 aliphatic carbocycles. The smallest absolute Gasteiger partial charge is 0.241 e. The van der Waals surface area contributed by atoms with Gasteiger partial charge in [-0.25, -0.2) is 4.39 Å². The molecule has 0 spiro atoms. The molecule has 1 aromatic carbocycles. The van der Waals surface area contributed by atoms with Crippen LogP contribution in [0.25, 0.3) is 0 Å². The second-order valence-corrected chi connectivity index (χ2v) is 6.00. The minimum absolute atomic E-state index is 0.0366. The van der Waals surface area contributed by atoms with Gasteiger partial charge in [-0.2, -0.15) is 0 Å². The summed E-state index contributed by atoms with van der Waals surface area (Å²) in [6.45, 7) is 4.74. The molecule has 2 rings (SSSR count). The van der Waals surface area contributed by atoms with Crippen molar-refractivity contribution < 1.29 is 9.18 Å². The number of halogens is 1. The molecular formula is C16H24FN3O. The van der Waals surface area contributed by atoms with Gasteiger partial charge in [-0.1, -0.05) is 18.2 Å². The second kappa shape index (κ2) is 6.54. The van der Waals surface area contributed by atoms with Crippen molar-refractivity contribution in [3.8, 4) is 0 Å². The van der Waals surface area contributed by atoms with Crippen LogP contribution in [0.1, 0.15) is 32.0 Å². The lowest BCUT2D eigenvalue weighted by molar-refractivity contribution is -0.132. The first kappa shape index (κ1) is 15.9. The molecule has 1 amide bonds. The highest BCUT2D eigenvalue weighted by atomic mass is 19.1. The van der Waals surface area contributed by atoms with E-state index in [0.717, 1.165) is 13.0 Å². The van der Waals surface area contributed by atoms with Crippen molar-refractivity contribution in [1.29, 1.82) is 0 Å². The molecule has 1 N–H and O–H groups in total. The van der Waals surface area contributed by atoms with Gasteiger partial charge in [-0.05, 0) is 47.0 Å².